The maximum absolute atomic E-state index is 12.9. The highest BCUT2D eigenvalue weighted by molar-refractivity contribution is 6.06. The van der Waals surface area contributed by atoms with Crippen molar-refractivity contribution in [2.45, 2.75) is 0 Å². The molecule has 4 heteroatoms. The van der Waals surface area contributed by atoms with Gasteiger partial charge in [0, 0.05) is 48.8 Å². The summed E-state index contributed by atoms with van der Waals surface area (Å²) in [5.41, 5.74) is 2.99. The number of piperazine rings is 1. The molecule has 2 heterocycles. The molecule has 1 aromatic heterocycles. The predicted molar refractivity (Wildman–Crippen MR) is 101 cm³/mol. The third-order valence-corrected chi connectivity index (χ3v) is 4.70. The van der Waals surface area contributed by atoms with Crippen LogP contribution in [0.2, 0.25) is 0 Å². The van der Waals surface area contributed by atoms with E-state index >= 15 is 0 Å². The van der Waals surface area contributed by atoms with Crippen LogP contribution < -0.4 is 0 Å². The van der Waals surface area contributed by atoms with Crippen LogP contribution in [0.4, 0.5) is 0 Å². The fourth-order valence-corrected chi connectivity index (χ4v) is 3.27. The number of fused-ring (bicyclic) bond motifs is 1. The van der Waals surface area contributed by atoms with Crippen molar-refractivity contribution in [2.75, 3.05) is 26.2 Å². The summed E-state index contributed by atoms with van der Waals surface area (Å²) in [6.45, 7) is 3.22. The average molecular weight is 331 g/mol. The first-order valence-corrected chi connectivity index (χ1v) is 8.64. The molecule has 3 aromatic rings. The summed E-state index contributed by atoms with van der Waals surface area (Å²) in [6.07, 6.45) is 6.13. The van der Waals surface area contributed by atoms with E-state index in [4.69, 9.17) is 0 Å². The lowest BCUT2D eigenvalue weighted by Gasteiger charge is -2.34. The van der Waals surface area contributed by atoms with Gasteiger partial charge in [0.1, 0.15) is 0 Å². The van der Waals surface area contributed by atoms with E-state index in [9.17, 15) is 4.79 Å². The highest BCUT2D eigenvalue weighted by atomic mass is 16.2. The van der Waals surface area contributed by atoms with Crippen molar-refractivity contribution >= 4 is 22.9 Å². The van der Waals surface area contributed by atoms with Gasteiger partial charge in [0.15, 0.2) is 0 Å². The Morgan fingerprint density at radius 2 is 1.72 bits per heavy atom. The SMILES string of the molecule is O=C(c1cccc2[nH]ccc12)N1CCN(C=Cc2ccccc2)CC1. The Kier molecular flexibility index (Phi) is 4.25. The van der Waals surface area contributed by atoms with Crippen LogP contribution >= 0.6 is 0 Å². The summed E-state index contributed by atoms with van der Waals surface area (Å²) in [6, 6.07) is 18.1. The van der Waals surface area contributed by atoms with E-state index in [-0.39, 0.29) is 5.91 Å². The first-order chi connectivity index (χ1) is 12.3. The molecule has 1 aliphatic heterocycles. The van der Waals surface area contributed by atoms with Gasteiger partial charge in [0.25, 0.3) is 5.91 Å². The molecule has 0 atom stereocenters. The van der Waals surface area contributed by atoms with Crippen molar-refractivity contribution in [1.82, 2.24) is 14.8 Å². The fourth-order valence-electron chi connectivity index (χ4n) is 3.27. The van der Waals surface area contributed by atoms with Crippen molar-refractivity contribution in [3.05, 3.63) is 78.1 Å². The zero-order valence-corrected chi connectivity index (χ0v) is 14.1. The van der Waals surface area contributed by atoms with Gasteiger partial charge in [0.05, 0.1) is 0 Å². The molecule has 2 aromatic carbocycles. The molecule has 0 bridgehead atoms. The maximum atomic E-state index is 12.9. The molecule has 0 spiro atoms. The third-order valence-electron chi connectivity index (χ3n) is 4.70. The maximum Gasteiger partial charge on any atom is 0.254 e. The van der Waals surface area contributed by atoms with Crippen molar-refractivity contribution in [1.29, 1.82) is 0 Å². The molecule has 1 saturated heterocycles. The fraction of sp³-hybridized carbons (Fsp3) is 0.190. The molecule has 0 saturated carbocycles. The van der Waals surface area contributed by atoms with Crippen LogP contribution in [-0.4, -0.2) is 46.9 Å². The van der Waals surface area contributed by atoms with Crippen molar-refractivity contribution in [3.8, 4) is 0 Å². The van der Waals surface area contributed by atoms with Gasteiger partial charge < -0.3 is 14.8 Å². The lowest BCUT2D eigenvalue weighted by molar-refractivity contribution is 0.0682. The normalized spacial score (nSPS) is 15.2. The van der Waals surface area contributed by atoms with Crippen LogP contribution in [-0.2, 0) is 0 Å². The molecular weight excluding hydrogens is 310 g/mol. The molecule has 1 aliphatic rings. The predicted octanol–water partition coefficient (Wildman–Crippen LogP) is 3.60. The highest BCUT2D eigenvalue weighted by Crippen LogP contribution is 2.20. The van der Waals surface area contributed by atoms with Crippen LogP contribution in [0.15, 0.2) is 67.0 Å². The molecule has 4 nitrogen and oxygen atoms in total. The summed E-state index contributed by atoms with van der Waals surface area (Å²) in [5, 5.41) is 0.999. The van der Waals surface area contributed by atoms with Gasteiger partial charge in [-0.15, -0.1) is 0 Å². The zero-order valence-electron chi connectivity index (χ0n) is 14.1. The van der Waals surface area contributed by atoms with Gasteiger partial charge >= 0.3 is 0 Å². The number of nitrogens with one attached hydrogen (secondary N) is 1. The van der Waals surface area contributed by atoms with Crippen LogP contribution in [0.3, 0.4) is 0 Å². The van der Waals surface area contributed by atoms with E-state index < -0.39 is 0 Å². The molecule has 1 N–H and O–H groups in total. The lowest BCUT2D eigenvalue weighted by atomic mass is 10.1. The van der Waals surface area contributed by atoms with Crippen LogP contribution in [0.25, 0.3) is 17.0 Å². The lowest BCUT2D eigenvalue weighted by Crippen LogP contribution is -2.46. The number of H-pyrrole nitrogens is 1. The number of carbonyl (C=O) groups is 1. The molecule has 1 amide bonds. The first-order valence-electron chi connectivity index (χ1n) is 8.64. The van der Waals surface area contributed by atoms with Crippen LogP contribution in [0.5, 0.6) is 0 Å². The number of aromatic nitrogens is 1. The summed E-state index contributed by atoms with van der Waals surface area (Å²) in [4.78, 5) is 20.3. The largest absolute Gasteiger partial charge is 0.374 e. The monoisotopic (exact) mass is 331 g/mol. The van der Waals surface area contributed by atoms with E-state index in [0.717, 1.165) is 42.6 Å². The summed E-state index contributed by atoms with van der Waals surface area (Å²) < 4.78 is 0. The van der Waals surface area contributed by atoms with Crippen LogP contribution in [0, 0.1) is 0 Å². The first kappa shape index (κ1) is 15.5. The Balaban J connectivity index is 1.41. The standard InChI is InChI=1S/C21H21N3O/c25-21(19-7-4-8-20-18(19)9-11-22-20)24-15-13-23(14-16-24)12-10-17-5-2-1-3-6-17/h1-12,22H,13-16H2. The smallest absolute Gasteiger partial charge is 0.254 e. The molecular formula is C21H21N3O. The molecule has 0 radical (unpaired) electrons. The number of carbonyl (C=O) groups excluding carboxylic acids is 1. The number of benzene rings is 2. The summed E-state index contributed by atoms with van der Waals surface area (Å²) >= 11 is 0. The Bertz CT molecular complexity index is 890. The van der Waals surface area contributed by atoms with Crippen LogP contribution in [0.1, 0.15) is 15.9 Å². The molecule has 1 fully saturated rings. The van der Waals surface area contributed by atoms with Gasteiger partial charge in [-0.2, -0.15) is 0 Å². The van der Waals surface area contributed by atoms with Gasteiger partial charge in [-0.05, 0) is 36.0 Å². The minimum atomic E-state index is 0.122. The quantitative estimate of drug-likeness (QED) is 0.796. The summed E-state index contributed by atoms with van der Waals surface area (Å²) in [7, 11) is 0. The number of nitrogens with zero attached hydrogens (tertiary/aromatic N) is 2. The Morgan fingerprint density at radius 3 is 2.52 bits per heavy atom. The van der Waals surface area contributed by atoms with E-state index in [1.807, 2.05) is 53.6 Å². The topological polar surface area (TPSA) is 39.3 Å². The van der Waals surface area contributed by atoms with Crippen molar-refractivity contribution in [3.63, 3.8) is 0 Å². The van der Waals surface area contributed by atoms with E-state index in [0.29, 0.717) is 0 Å². The minimum absolute atomic E-state index is 0.122. The molecule has 0 aliphatic carbocycles. The van der Waals surface area contributed by atoms with Gasteiger partial charge in [-0.25, -0.2) is 0 Å². The average Bonchev–Trinajstić information content (AvgIpc) is 3.16. The second-order valence-electron chi connectivity index (χ2n) is 6.30. The number of hydrogen-bond donors (Lipinski definition) is 1. The highest BCUT2D eigenvalue weighted by Gasteiger charge is 2.22. The number of rotatable bonds is 3. The second-order valence-corrected chi connectivity index (χ2v) is 6.30. The summed E-state index contributed by atoms with van der Waals surface area (Å²) in [5.74, 6) is 0.122. The zero-order chi connectivity index (χ0) is 17.1. The second kappa shape index (κ2) is 6.85. The number of hydrogen-bond acceptors (Lipinski definition) is 2. The number of amides is 1. The van der Waals surface area contributed by atoms with E-state index in [1.54, 1.807) is 0 Å². The van der Waals surface area contributed by atoms with Gasteiger partial charge in [-0.3, -0.25) is 4.79 Å². The molecule has 25 heavy (non-hydrogen) atoms. The molecule has 4 rings (SSSR count). The van der Waals surface area contributed by atoms with Crippen molar-refractivity contribution < 1.29 is 4.79 Å². The third kappa shape index (κ3) is 3.29. The minimum Gasteiger partial charge on any atom is -0.374 e. The Labute approximate surface area is 147 Å². The Hall–Kier alpha value is -3.01. The van der Waals surface area contributed by atoms with Crippen molar-refractivity contribution in [2.24, 2.45) is 0 Å². The van der Waals surface area contributed by atoms with E-state index in [2.05, 4.69) is 34.3 Å². The van der Waals surface area contributed by atoms with E-state index in [1.165, 1.54) is 5.56 Å². The Morgan fingerprint density at radius 1 is 0.920 bits per heavy atom. The molecule has 0 unspecified atom stereocenters. The molecule has 126 valence electrons. The van der Waals surface area contributed by atoms with Gasteiger partial charge in [0.2, 0.25) is 0 Å². The number of aromatic amines is 1. The van der Waals surface area contributed by atoms with Gasteiger partial charge in [-0.1, -0.05) is 36.4 Å².